The Balaban J connectivity index is 2.18. The number of hydrogen-bond acceptors (Lipinski definition) is 4. The number of thiazole rings is 1. The van der Waals surface area contributed by atoms with Crippen molar-refractivity contribution in [2.24, 2.45) is 0 Å². The van der Waals surface area contributed by atoms with E-state index in [1.54, 1.807) is 6.92 Å². The van der Waals surface area contributed by atoms with Crippen LogP contribution >= 0.6 is 11.3 Å². The highest BCUT2D eigenvalue weighted by Gasteiger charge is 2.15. The zero-order valence-corrected chi connectivity index (χ0v) is 9.83. The van der Waals surface area contributed by atoms with Crippen LogP contribution in [0.3, 0.4) is 0 Å². The van der Waals surface area contributed by atoms with Gasteiger partial charge in [-0.2, -0.15) is 0 Å². The Morgan fingerprint density at radius 3 is 2.94 bits per heavy atom. The lowest BCUT2D eigenvalue weighted by Gasteiger charge is -2.03. The molecule has 0 saturated heterocycles. The molecule has 0 radical (unpaired) electrons. The maximum Gasteiger partial charge on any atom is 0.168 e. The van der Waals surface area contributed by atoms with Gasteiger partial charge < -0.3 is 5.11 Å². The summed E-state index contributed by atoms with van der Waals surface area (Å²) in [5, 5.41) is 10.2. The Morgan fingerprint density at radius 1 is 1.50 bits per heavy atom. The quantitative estimate of drug-likeness (QED) is 0.883. The number of Topliss-reactive ketones (excluding diaryl/α,β-unsaturated/α-hetero) is 1. The molecule has 84 valence electrons. The lowest BCUT2D eigenvalue weighted by Crippen LogP contribution is -2.20. The van der Waals surface area contributed by atoms with Gasteiger partial charge in [-0.05, 0) is 18.6 Å². The zero-order chi connectivity index (χ0) is 11.5. The fourth-order valence-electron chi connectivity index (χ4n) is 1.49. The van der Waals surface area contributed by atoms with Crippen LogP contribution in [0.25, 0.3) is 10.2 Å². The molecule has 1 unspecified atom stereocenters. The molecular formula is C12H13NO2S. The van der Waals surface area contributed by atoms with Crippen LogP contribution in [0.4, 0.5) is 0 Å². The number of nitrogens with zero attached hydrogens (tertiary/aromatic N) is 1. The number of fused-ring (bicyclic) bond motifs is 1. The first kappa shape index (κ1) is 11.2. The molecule has 0 amide bonds. The Hall–Kier alpha value is -1.26. The molecule has 3 nitrogen and oxygen atoms in total. The van der Waals surface area contributed by atoms with Gasteiger partial charge >= 0.3 is 0 Å². The van der Waals surface area contributed by atoms with Crippen LogP contribution in [0.5, 0.6) is 0 Å². The topological polar surface area (TPSA) is 50.2 Å². The molecule has 2 aromatic rings. The lowest BCUT2D eigenvalue weighted by molar-refractivity contribution is -0.126. The summed E-state index contributed by atoms with van der Waals surface area (Å²) in [6, 6.07) is 7.79. The summed E-state index contributed by atoms with van der Waals surface area (Å²) < 4.78 is 1.08. The molecule has 0 aliphatic rings. The maximum atomic E-state index is 11.5. The number of hydrogen-bond donors (Lipinski definition) is 1. The third kappa shape index (κ3) is 2.28. The second kappa shape index (κ2) is 4.72. The molecule has 0 spiro atoms. The minimum absolute atomic E-state index is 0.151. The molecule has 0 saturated carbocycles. The van der Waals surface area contributed by atoms with Gasteiger partial charge in [-0.1, -0.05) is 19.1 Å². The predicted molar refractivity (Wildman–Crippen MR) is 64.6 cm³/mol. The minimum atomic E-state index is -0.855. The molecule has 0 bridgehead atoms. The van der Waals surface area contributed by atoms with Gasteiger partial charge in [0, 0.05) is 0 Å². The van der Waals surface area contributed by atoms with Crippen molar-refractivity contribution in [3.8, 4) is 0 Å². The number of aliphatic hydroxyl groups excluding tert-OH is 1. The van der Waals surface area contributed by atoms with E-state index in [2.05, 4.69) is 4.98 Å². The molecule has 0 aliphatic carbocycles. The van der Waals surface area contributed by atoms with Crippen molar-refractivity contribution in [2.45, 2.75) is 25.9 Å². The highest BCUT2D eigenvalue weighted by atomic mass is 32.1. The van der Waals surface area contributed by atoms with Crippen LogP contribution in [0.2, 0.25) is 0 Å². The van der Waals surface area contributed by atoms with Gasteiger partial charge in [0.15, 0.2) is 5.78 Å². The van der Waals surface area contributed by atoms with Crippen molar-refractivity contribution >= 4 is 27.3 Å². The van der Waals surface area contributed by atoms with E-state index in [1.165, 1.54) is 11.3 Å². The highest BCUT2D eigenvalue weighted by molar-refractivity contribution is 7.18. The third-order valence-electron chi connectivity index (χ3n) is 2.42. The maximum absolute atomic E-state index is 11.5. The number of rotatable bonds is 4. The van der Waals surface area contributed by atoms with Gasteiger partial charge in [-0.25, -0.2) is 4.98 Å². The molecule has 1 N–H and O–H groups in total. The molecule has 2 rings (SSSR count). The van der Waals surface area contributed by atoms with Gasteiger partial charge in [-0.15, -0.1) is 11.3 Å². The number of carbonyl (C=O) groups is 1. The summed E-state index contributed by atoms with van der Waals surface area (Å²) in [7, 11) is 0. The van der Waals surface area contributed by atoms with Crippen LogP contribution in [0.15, 0.2) is 24.3 Å². The first-order valence-electron chi connectivity index (χ1n) is 5.26. The molecular weight excluding hydrogens is 222 g/mol. The van der Waals surface area contributed by atoms with Crippen molar-refractivity contribution in [3.05, 3.63) is 29.3 Å². The van der Waals surface area contributed by atoms with E-state index in [1.807, 2.05) is 24.3 Å². The summed E-state index contributed by atoms with van der Waals surface area (Å²) in [5.41, 5.74) is 0.918. The van der Waals surface area contributed by atoms with Crippen LogP contribution in [0.1, 0.15) is 18.4 Å². The second-order valence-electron chi connectivity index (χ2n) is 3.64. The van der Waals surface area contributed by atoms with Crippen molar-refractivity contribution in [1.82, 2.24) is 4.98 Å². The standard InChI is InChI=1S/C12H13NO2S/c1-2-9(14)10(15)7-12-13-8-5-3-4-6-11(8)16-12/h3-6,9,14H,2,7H2,1H3. The summed E-state index contributed by atoms with van der Waals surface area (Å²) >= 11 is 1.51. The summed E-state index contributed by atoms with van der Waals surface area (Å²) in [5.74, 6) is -0.151. The Labute approximate surface area is 97.8 Å². The predicted octanol–water partition coefficient (Wildman–Crippen LogP) is 2.18. The van der Waals surface area contributed by atoms with Gasteiger partial charge in [-0.3, -0.25) is 4.79 Å². The molecule has 1 heterocycles. The van der Waals surface area contributed by atoms with E-state index in [0.29, 0.717) is 6.42 Å². The summed E-state index contributed by atoms with van der Waals surface area (Å²) in [4.78, 5) is 15.9. The second-order valence-corrected chi connectivity index (χ2v) is 4.76. The summed E-state index contributed by atoms with van der Waals surface area (Å²) in [6.07, 6.45) is -0.162. The van der Waals surface area contributed by atoms with Gasteiger partial charge in [0.1, 0.15) is 11.1 Å². The fourth-order valence-corrected chi connectivity index (χ4v) is 2.47. The molecule has 0 fully saturated rings. The Kier molecular flexibility index (Phi) is 3.31. The first-order chi connectivity index (χ1) is 7.70. The van der Waals surface area contributed by atoms with Gasteiger partial charge in [0.25, 0.3) is 0 Å². The van der Waals surface area contributed by atoms with Crippen LogP contribution in [0, 0.1) is 0 Å². The number of carbonyl (C=O) groups excluding carboxylic acids is 1. The van der Waals surface area contributed by atoms with Gasteiger partial charge in [0.2, 0.25) is 0 Å². The number of aromatic nitrogens is 1. The van der Waals surface area contributed by atoms with E-state index in [9.17, 15) is 9.90 Å². The Morgan fingerprint density at radius 2 is 2.25 bits per heavy atom. The molecule has 1 aromatic heterocycles. The van der Waals surface area contributed by atoms with E-state index >= 15 is 0 Å². The monoisotopic (exact) mass is 235 g/mol. The van der Waals surface area contributed by atoms with E-state index in [4.69, 9.17) is 0 Å². The number of aliphatic hydroxyl groups is 1. The number of para-hydroxylation sites is 1. The van der Waals surface area contributed by atoms with E-state index in [0.717, 1.165) is 15.2 Å². The molecule has 0 aliphatic heterocycles. The summed E-state index contributed by atoms with van der Waals surface area (Å²) in [6.45, 7) is 1.79. The Bertz CT molecular complexity index is 473. The fraction of sp³-hybridized carbons (Fsp3) is 0.333. The van der Waals surface area contributed by atoms with Crippen molar-refractivity contribution in [3.63, 3.8) is 0 Å². The van der Waals surface area contributed by atoms with Crippen LogP contribution in [-0.4, -0.2) is 22.0 Å². The van der Waals surface area contributed by atoms with Crippen molar-refractivity contribution < 1.29 is 9.90 Å². The molecule has 4 heteroatoms. The number of benzene rings is 1. The smallest absolute Gasteiger partial charge is 0.168 e. The van der Waals surface area contributed by atoms with Crippen LogP contribution < -0.4 is 0 Å². The third-order valence-corrected chi connectivity index (χ3v) is 3.46. The highest BCUT2D eigenvalue weighted by Crippen LogP contribution is 2.22. The van der Waals surface area contributed by atoms with E-state index < -0.39 is 6.10 Å². The number of ketones is 1. The SMILES string of the molecule is CCC(O)C(=O)Cc1nc2ccccc2s1. The van der Waals surface area contributed by atoms with E-state index in [-0.39, 0.29) is 12.2 Å². The molecule has 1 aromatic carbocycles. The average molecular weight is 235 g/mol. The zero-order valence-electron chi connectivity index (χ0n) is 9.01. The normalized spacial score (nSPS) is 12.9. The molecule has 16 heavy (non-hydrogen) atoms. The van der Waals surface area contributed by atoms with Crippen molar-refractivity contribution in [1.29, 1.82) is 0 Å². The lowest BCUT2D eigenvalue weighted by atomic mass is 10.1. The first-order valence-corrected chi connectivity index (χ1v) is 6.07. The minimum Gasteiger partial charge on any atom is -0.385 e. The van der Waals surface area contributed by atoms with Crippen molar-refractivity contribution in [2.75, 3.05) is 0 Å². The van der Waals surface area contributed by atoms with Crippen LogP contribution in [-0.2, 0) is 11.2 Å². The average Bonchev–Trinajstić information content (AvgIpc) is 2.69. The molecule has 1 atom stereocenters. The largest absolute Gasteiger partial charge is 0.385 e. The van der Waals surface area contributed by atoms with Gasteiger partial charge in [0.05, 0.1) is 16.6 Å².